The molecule has 14 heavy (non-hydrogen) atoms. The molecule has 0 aromatic heterocycles. The lowest BCUT2D eigenvalue weighted by Crippen LogP contribution is -1.80. The zero-order valence-electron chi connectivity index (χ0n) is 8.70. The number of rotatable bonds is 3. The van der Waals surface area contributed by atoms with Gasteiger partial charge in [-0.1, -0.05) is 42.5 Å². The van der Waals surface area contributed by atoms with Crippen LogP contribution in [0.5, 0.6) is 0 Å². The van der Waals surface area contributed by atoms with Gasteiger partial charge in [-0.2, -0.15) is 0 Å². The number of nitrogens with zero attached hydrogens (tertiary/aromatic N) is 1. The van der Waals surface area contributed by atoms with Gasteiger partial charge in [-0.3, -0.25) is 4.99 Å². The fourth-order valence-electron chi connectivity index (χ4n) is 1.04. The Labute approximate surface area is 85.5 Å². The molecule has 0 aliphatic rings. The summed E-state index contributed by atoms with van der Waals surface area (Å²) in [6.07, 6.45) is 5.58. The molecule has 0 bridgehead atoms. The Hall–Kier alpha value is -1.63. The van der Waals surface area contributed by atoms with Crippen LogP contribution in [-0.2, 0) is 0 Å². The highest BCUT2D eigenvalue weighted by Gasteiger charge is 1.93. The molecule has 0 heterocycles. The van der Waals surface area contributed by atoms with Crippen molar-refractivity contribution in [1.29, 1.82) is 0 Å². The van der Waals surface area contributed by atoms with E-state index >= 15 is 0 Å². The number of aryl methyl sites for hydroxylation is 1. The van der Waals surface area contributed by atoms with E-state index in [1.165, 1.54) is 5.56 Å². The molecule has 0 atom stereocenters. The summed E-state index contributed by atoms with van der Waals surface area (Å²) in [6, 6.07) is 8.19. The molecule has 0 radical (unpaired) electrons. The first-order valence-electron chi connectivity index (χ1n) is 4.65. The third-order valence-corrected chi connectivity index (χ3v) is 1.89. The maximum atomic E-state index is 4.21. The van der Waals surface area contributed by atoms with Crippen LogP contribution in [0.25, 0.3) is 5.70 Å². The minimum atomic E-state index is 0.795. The quantitative estimate of drug-likeness (QED) is 0.638. The fourth-order valence-corrected chi connectivity index (χ4v) is 1.04. The highest BCUT2D eigenvalue weighted by atomic mass is 14.7. The molecule has 72 valence electrons. The standard InChI is InChI=1S/C13H15N/c1-4-5-10-14-12(3)13-8-6-11(2)7-9-13/h4-10H,3H2,1-2H3/b5-4-,14-10?. The SMILES string of the molecule is C=C(N=C/C=C\C)c1ccc(C)cc1. The molecule has 1 aromatic rings. The maximum absolute atomic E-state index is 4.21. The summed E-state index contributed by atoms with van der Waals surface area (Å²) in [4.78, 5) is 4.21. The highest BCUT2D eigenvalue weighted by molar-refractivity contribution is 5.79. The molecular formula is C13H15N. The topological polar surface area (TPSA) is 12.4 Å². The summed E-state index contributed by atoms with van der Waals surface area (Å²) >= 11 is 0. The molecule has 0 amide bonds. The Morgan fingerprint density at radius 2 is 1.93 bits per heavy atom. The van der Waals surface area contributed by atoms with Crippen LogP contribution in [0.2, 0.25) is 0 Å². The molecule has 0 saturated carbocycles. The molecule has 1 heteroatoms. The van der Waals surface area contributed by atoms with Gasteiger partial charge in [0.2, 0.25) is 0 Å². The van der Waals surface area contributed by atoms with Gasteiger partial charge in [-0.15, -0.1) is 0 Å². The van der Waals surface area contributed by atoms with E-state index in [9.17, 15) is 0 Å². The summed E-state index contributed by atoms with van der Waals surface area (Å²) in [5.41, 5.74) is 3.11. The molecule has 1 rings (SSSR count). The molecule has 0 spiro atoms. The molecule has 0 saturated heterocycles. The van der Waals surface area contributed by atoms with Crippen molar-refractivity contribution >= 4 is 11.9 Å². The van der Waals surface area contributed by atoms with Gasteiger partial charge in [0.25, 0.3) is 0 Å². The largest absolute Gasteiger partial charge is 0.257 e. The van der Waals surface area contributed by atoms with Crippen LogP contribution in [0.1, 0.15) is 18.1 Å². The number of aliphatic imine (C=N–C) groups is 1. The second kappa shape index (κ2) is 5.18. The van der Waals surface area contributed by atoms with Gasteiger partial charge in [-0.05, 0) is 25.5 Å². The minimum Gasteiger partial charge on any atom is -0.257 e. The van der Waals surface area contributed by atoms with Gasteiger partial charge >= 0.3 is 0 Å². The van der Waals surface area contributed by atoms with Crippen molar-refractivity contribution in [3.63, 3.8) is 0 Å². The smallest absolute Gasteiger partial charge is 0.0630 e. The van der Waals surface area contributed by atoms with Crippen molar-refractivity contribution in [2.75, 3.05) is 0 Å². The van der Waals surface area contributed by atoms with Crippen molar-refractivity contribution in [1.82, 2.24) is 0 Å². The zero-order valence-corrected chi connectivity index (χ0v) is 8.70. The lowest BCUT2D eigenvalue weighted by molar-refractivity contribution is 1.44. The predicted molar refractivity (Wildman–Crippen MR) is 63.5 cm³/mol. The highest BCUT2D eigenvalue weighted by Crippen LogP contribution is 2.13. The van der Waals surface area contributed by atoms with E-state index in [2.05, 4.69) is 30.6 Å². The van der Waals surface area contributed by atoms with Crippen LogP contribution in [0.3, 0.4) is 0 Å². The van der Waals surface area contributed by atoms with Gasteiger partial charge in [-0.25, -0.2) is 0 Å². The summed E-state index contributed by atoms with van der Waals surface area (Å²) in [7, 11) is 0. The van der Waals surface area contributed by atoms with Gasteiger partial charge < -0.3 is 0 Å². The van der Waals surface area contributed by atoms with Crippen LogP contribution < -0.4 is 0 Å². The number of hydrogen-bond acceptors (Lipinski definition) is 1. The lowest BCUT2D eigenvalue weighted by Gasteiger charge is -1.99. The van der Waals surface area contributed by atoms with Gasteiger partial charge in [0.05, 0.1) is 5.70 Å². The number of allylic oxidation sites excluding steroid dienone is 2. The summed E-state index contributed by atoms with van der Waals surface area (Å²) in [5, 5.41) is 0. The number of benzene rings is 1. The van der Waals surface area contributed by atoms with Crippen LogP contribution in [0, 0.1) is 6.92 Å². The Kier molecular flexibility index (Phi) is 3.86. The van der Waals surface area contributed by atoms with Crippen molar-refractivity contribution < 1.29 is 0 Å². The molecule has 0 aliphatic heterocycles. The van der Waals surface area contributed by atoms with E-state index in [0.29, 0.717) is 0 Å². The van der Waals surface area contributed by atoms with Crippen molar-refractivity contribution in [2.45, 2.75) is 13.8 Å². The van der Waals surface area contributed by atoms with Crippen LogP contribution in [0.4, 0.5) is 0 Å². The van der Waals surface area contributed by atoms with E-state index in [1.807, 2.05) is 31.2 Å². The molecule has 1 nitrogen and oxygen atoms in total. The first-order chi connectivity index (χ1) is 6.74. The van der Waals surface area contributed by atoms with Crippen LogP contribution in [0.15, 0.2) is 48.0 Å². The monoisotopic (exact) mass is 185 g/mol. The van der Waals surface area contributed by atoms with Crippen LogP contribution >= 0.6 is 0 Å². The van der Waals surface area contributed by atoms with Gasteiger partial charge in [0, 0.05) is 6.21 Å². The molecule has 0 fully saturated rings. The van der Waals surface area contributed by atoms with Crippen molar-refractivity contribution in [3.05, 3.63) is 54.1 Å². The zero-order chi connectivity index (χ0) is 10.4. The Morgan fingerprint density at radius 3 is 2.50 bits per heavy atom. The normalized spacial score (nSPS) is 11.3. The summed E-state index contributed by atoms with van der Waals surface area (Å²) < 4.78 is 0. The number of hydrogen-bond donors (Lipinski definition) is 0. The molecule has 0 unspecified atom stereocenters. The summed E-state index contributed by atoms with van der Waals surface area (Å²) in [6.45, 7) is 7.92. The first kappa shape index (κ1) is 10.5. The van der Waals surface area contributed by atoms with Crippen molar-refractivity contribution in [3.8, 4) is 0 Å². The Morgan fingerprint density at radius 1 is 1.29 bits per heavy atom. The van der Waals surface area contributed by atoms with Crippen molar-refractivity contribution in [2.24, 2.45) is 4.99 Å². The summed E-state index contributed by atoms with van der Waals surface area (Å²) in [5.74, 6) is 0. The van der Waals surface area contributed by atoms with Gasteiger partial charge in [0.15, 0.2) is 0 Å². The minimum absolute atomic E-state index is 0.795. The predicted octanol–water partition coefficient (Wildman–Crippen LogP) is 3.61. The van der Waals surface area contributed by atoms with E-state index in [1.54, 1.807) is 6.21 Å². The molecule has 0 aliphatic carbocycles. The van der Waals surface area contributed by atoms with Gasteiger partial charge in [0.1, 0.15) is 0 Å². The first-order valence-corrected chi connectivity index (χ1v) is 4.65. The van der Waals surface area contributed by atoms with Crippen LogP contribution in [-0.4, -0.2) is 6.21 Å². The third kappa shape index (κ3) is 3.02. The Bertz CT molecular complexity index is 355. The van der Waals surface area contributed by atoms with E-state index in [4.69, 9.17) is 0 Å². The molecule has 0 N–H and O–H groups in total. The lowest BCUT2D eigenvalue weighted by atomic mass is 10.1. The Balaban J connectivity index is 2.75. The molecule has 1 aromatic carbocycles. The fraction of sp³-hybridized carbons (Fsp3) is 0.154. The molecular weight excluding hydrogens is 170 g/mol. The average Bonchev–Trinajstić information content (AvgIpc) is 2.19. The second-order valence-electron chi connectivity index (χ2n) is 3.12. The maximum Gasteiger partial charge on any atom is 0.0630 e. The third-order valence-electron chi connectivity index (χ3n) is 1.89. The van der Waals surface area contributed by atoms with E-state index in [-0.39, 0.29) is 0 Å². The van der Waals surface area contributed by atoms with E-state index < -0.39 is 0 Å². The average molecular weight is 185 g/mol. The van der Waals surface area contributed by atoms with E-state index in [0.717, 1.165) is 11.3 Å². The second-order valence-corrected chi connectivity index (χ2v) is 3.12.